The fourth-order valence-corrected chi connectivity index (χ4v) is 1.90. The summed E-state index contributed by atoms with van der Waals surface area (Å²) in [6.45, 7) is 3.02. The lowest BCUT2D eigenvalue weighted by atomic mass is 10.1. The lowest BCUT2D eigenvalue weighted by Gasteiger charge is -2.12. The number of nitrogens with one attached hydrogen (secondary N) is 1. The van der Waals surface area contributed by atoms with E-state index in [9.17, 15) is 4.79 Å². The first-order valence-corrected chi connectivity index (χ1v) is 6.41. The van der Waals surface area contributed by atoms with Crippen molar-refractivity contribution >= 4 is 5.91 Å². The Morgan fingerprint density at radius 1 is 1.50 bits per heavy atom. The van der Waals surface area contributed by atoms with E-state index in [1.165, 1.54) is 18.4 Å². The molecule has 0 aromatic heterocycles. The second kappa shape index (κ2) is 5.87. The molecule has 1 aliphatic carbocycles. The summed E-state index contributed by atoms with van der Waals surface area (Å²) < 4.78 is 5.63. The van der Waals surface area contributed by atoms with Gasteiger partial charge in [-0.05, 0) is 42.9 Å². The van der Waals surface area contributed by atoms with E-state index < -0.39 is 0 Å². The number of hydrogen-bond donors (Lipinski definition) is 2. The van der Waals surface area contributed by atoms with Gasteiger partial charge in [0.1, 0.15) is 5.75 Å². The molecule has 0 spiro atoms. The lowest BCUT2D eigenvalue weighted by molar-refractivity contribution is -0.123. The molecule has 1 saturated carbocycles. The number of benzene rings is 1. The Hall–Kier alpha value is -1.55. The number of ether oxygens (including phenoxy) is 1. The minimum absolute atomic E-state index is 0.0587. The minimum Gasteiger partial charge on any atom is -0.483 e. The van der Waals surface area contributed by atoms with Crippen molar-refractivity contribution in [2.75, 3.05) is 19.7 Å². The van der Waals surface area contributed by atoms with Gasteiger partial charge in [0.05, 0.1) is 0 Å². The number of nitrogens with two attached hydrogens (primary N) is 1. The topological polar surface area (TPSA) is 64.3 Å². The van der Waals surface area contributed by atoms with Gasteiger partial charge in [-0.25, -0.2) is 0 Å². The highest BCUT2D eigenvalue weighted by atomic mass is 16.5. The first-order valence-electron chi connectivity index (χ1n) is 6.41. The highest BCUT2D eigenvalue weighted by Crippen LogP contribution is 2.44. The van der Waals surface area contributed by atoms with Gasteiger partial charge in [-0.3, -0.25) is 4.79 Å². The van der Waals surface area contributed by atoms with Crippen molar-refractivity contribution in [1.29, 1.82) is 0 Å². The molecule has 1 aliphatic rings. The molecule has 3 N–H and O–H groups in total. The molecule has 0 bridgehead atoms. The number of carbonyl (C=O) groups is 1. The summed E-state index contributed by atoms with van der Waals surface area (Å²) in [6, 6.07) is 6.21. The van der Waals surface area contributed by atoms with Crippen LogP contribution in [0.2, 0.25) is 0 Å². The van der Waals surface area contributed by atoms with Crippen molar-refractivity contribution in [3.8, 4) is 5.75 Å². The molecule has 1 aromatic rings. The van der Waals surface area contributed by atoms with Gasteiger partial charge < -0.3 is 15.8 Å². The van der Waals surface area contributed by atoms with Crippen molar-refractivity contribution in [2.45, 2.75) is 25.7 Å². The molecule has 0 heterocycles. The van der Waals surface area contributed by atoms with Crippen molar-refractivity contribution < 1.29 is 9.53 Å². The second-order valence-electron chi connectivity index (χ2n) is 4.74. The molecule has 1 aromatic carbocycles. The Kier molecular flexibility index (Phi) is 4.20. The normalized spacial score (nSPS) is 14.3. The first kappa shape index (κ1) is 12.9. The summed E-state index contributed by atoms with van der Waals surface area (Å²) in [5.41, 5.74) is 7.70. The highest BCUT2D eigenvalue weighted by molar-refractivity contribution is 5.77. The summed E-state index contributed by atoms with van der Waals surface area (Å²) >= 11 is 0. The quantitative estimate of drug-likeness (QED) is 0.798. The van der Waals surface area contributed by atoms with Gasteiger partial charge in [0.2, 0.25) is 0 Å². The summed E-state index contributed by atoms with van der Waals surface area (Å²) in [7, 11) is 0. The van der Waals surface area contributed by atoms with Gasteiger partial charge in [-0.15, -0.1) is 0 Å². The number of amides is 1. The molecule has 0 saturated heterocycles. The van der Waals surface area contributed by atoms with Crippen molar-refractivity contribution in [2.24, 2.45) is 5.73 Å². The molecule has 18 heavy (non-hydrogen) atoms. The Labute approximate surface area is 108 Å². The zero-order valence-electron chi connectivity index (χ0n) is 10.7. The number of aryl methyl sites for hydroxylation is 1. The molecule has 0 unspecified atom stereocenters. The Bertz CT molecular complexity index is 428. The zero-order chi connectivity index (χ0) is 13.0. The molecule has 0 atom stereocenters. The molecular formula is C14H20N2O2. The average Bonchev–Trinajstić information content (AvgIpc) is 3.18. The van der Waals surface area contributed by atoms with E-state index >= 15 is 0 Å². The fourth-order valence-electron chi connectivity index (χ4n) is 1.90. The van der Waals surface area contributed by atoms with Crippen molar-refractivity contribution in [3.05, 3.63) is 29.3 Å². The maximum atomic E-state index is 11.5. The molecule has 1 amide bonds. The Morgan fingerprint density at radius 3 is 2.94 bits per heavy atom. The van der Waals surface area contributed by atoms with Crippen LogP contribution in [0.4, 0.5) is 0 Å². The van der Waals surface area contributed by atoms with Crippen LogP contribution in [0, 0.1) is 6.92 Å². The van der Waals surface area contributed by atoms with Gasteiger partial charge in [-0.2, -0.15) is 0 Å². The van der Waals surface area contributed by atoms with E-state index in [4.69, 9.17) is 10.5 Å². The standard InChI is InChI=1S/C14H20N2O2/c1-10-2-5-12(11-3-4-11)13(8-10)18-9-14(17)16-7-6-15/h2,5,8,11H,3-4,6-7,9,15H2,1H3,(H,16,17). The number of rotatable bonds is 6. The van der Waals surface area contributed by atoms with Crippen LogP contribution >= 0.6 is 0 Å². The molecule has 4 nitrogen and oxygen atoms in total. The molecule has 1 fully saturated rings. The summed E-state index contributed by atoms with van der Waals surface area (Å²) in [5.74, 6) is 1.34. The summed E-state index contributed by atoms with van der Waals surface area (Å²) in [4.78, 5) is 11.5. The van der Waals surface area contributed by atoms with E-state index in [1.54, 1.807) is 0 Å². The molecule has 98 valence electrons. The van der Waals surface area contributed by atoms with E-state index in [0.29, 0.717) is 19.0 Å². The third-order valence-electron chi connectivity index (χ3n) is 3.01. The van der Waals surface area contributed by atoms with Crippen LogP contribution in [0.15, 0.2) is 18.2 Å². The SMILES string of the molecule is Cc1ccc(C2CC2)c(OCC(=O)NCCN)c1. The van der Waals surface area contributed by atoms with Gasteiger partial charge >= 0.3 is 0 Å². The zero-order valence-corrected chi connectivity index (χ0v) is 10.7. The van der Waals surface area contributed by atoms with E-state index in [2.05, 4.69) is 17.4 Å². The summed E-state index contributed by atoms with van der Waals surface area (Å²) in [6.07, 6.45) is 2.44. The van der Waals surface area contributed by atoms with Crippen LogP contribution in [-0.2, 0) is 4.79 Å². The molecule has 4 heteroatoms. The van der Waals surface area contributed by atoms with E-state index in [-0.39, 0.29) is 12.5 Å². The number of hydrogen-bond acceptors (Lipinski definition) is 3. The highest BCUT2D eigenvalue weighted by Gasteiger charge is 2.26. The third kappa shape index (κ3) is 3.47. The largest absolute Gasteiger partial charge is 0.483 e. The van der Waals surface area contributed by atoms with Crippen LogP contribution in [-0.4, -0.2) is 25.6 Å². The fraction of sp³-hybridized carbons (Fsp3) is 0.500. The predicted octanol–water partition coefficient (Wildman–Crippen LogP) is 1.33. The molecule has 0 radical (unpaired) electrons. The van der Waals surface area contributed by atoms with Gasteiger partial charge in [0.15, 0.2) is 6.61 Å². The molecular weight excluding hydrogens is 228 g/mol. The lowest BCUT2D eigenvalue weighted by Crippen LogP contribution is -2.33. The van der Waals surface area contributed by atoms with Crippen LogP contribution in [0.25, 0.3) is 0 Å². The first-order chi connectivity index (χ1) is 8.70. The minimum atomic E-state index is -0.122. The smallest absolute Gasteiger partial charge is 0.257 e. The predicted molar refractivity (Wildman–Crippen MR) is 70.7 cm³/mol. The van der Waals surface area contributed by atoms with E-state index in [1.807, 2.05) is 13.0 Å². The molecule has 0 aliphatic heterocycles. The van der Waals surface area contributed by atoms with Gasteiger partial charge in [-0.1, -0.05) is 12.1 Å². The monoisotopic (exact) mass is 248 g/mol. The maximum absolute atomic E-state index is 11.5. The summed E-state index contributed by atoms with van der Waals surface area (Å²) in [5, 5.41) is 2.69. The molecule has 2 rings (SSSR count). The second-order valence-corrected chi connectivity index (χ2v) is 4.74. The third-order valence-corrected chi connectivity index (χ3v) is 3.01. The van der Waals surface area contributed by atoms with Crippen LogP contribution < -0.4 is 15.8 Å². The Morgan fingerprint density at radius 2 is 2.28 bits per heavy atom. The van der Waals surface area contributed by atoms with Gasteiger partial charge in [0, 0.05) is 13.1 Å². The van der Waals surface area contributed by atoms with Crippen LogP contribution in [0.3, 0.4) is 0 Å². The maximum Gasteiger partial charge on any atom is 0.257 e. The van der Waals surface area contributed by atoms with Crippen molar-refractivity contribution in [1.82, 2.24) is 5.32 Å². The number of carbonyl (C=O) groups excluding carboxylic acids is 1. The van der Waals surface area contributed by atoms with Crippen molar-refractivity contribution in [3.63, 3.8) is 0 Å². The van der Waals surface area contributed by atoms with Crippen LogP contribution in [0.5, 0.6) is 5.75 Å². The van der Waals surface area contributed by atoms with E-state index in [0.717, 1.165) is 11.3 Å². The average molecular weight is 248 g/mol. The van der Waals surface area contributed by atoms with Crippen LogP contribution in [0.1, 0.15) is 29.9 Å². The Balaban J connectivity index is 1.95. The van der Waals surface area contributed by atoms with Gasteiger partial charge in [0.25, 0.3) is 5.91 Å².